The van der Waals surface area contributed by atoms with Crippen molar-refractivity contribution in [3.8, 4) is 0 Å². The maximum Gasteiger partial charge on any atom is 0.258 e. The molecule has 2 atom stereocenters. The largest absolute Gasteiger partial charge is 0.307 e. The van der Waals surface area contributed by atoms with Gasteiger partial charge in [0.25, 0.3) is 5.56 Å². The molecule has 0 saturated heterocycles. The third kappa shape index (κ3) is 3.23. The summed E-state index contributed by atoms with van der Waals surface area (Å²) < 4.78 is 3.54. The highest BCUT2D eigenvalue weighted by Gasteiger charge is 2.15. The fraction of sp³-hybridized carbons (Fsp3) is 0.389. The van der Waals surface area contributed by atoms with Gasteiger partial charge in [0.2, 0.25) is 0 Å². The number of nitrogens with zero attached hydrogens (tertiary/aromatic N) is 4. The number of fused-ring (bicyclic) bond motifs is 1. The molecule has 3 rings (SSSR count). The summed E-state index contributed by atoms with van der Waals surface area (Å²) in [6.45, 7) is 8.77. The van der Waals surface area contributed by atoms with E-state index in [4.69, 9.17) is 0 Å². The van der Waals surface area contributed by atoms with E-state index in [1.807, 2.05) is 43.1 Å². The second kappa shape index (κ2) is 6.57. The van der Waals surface area contributed by atoms with Crippen LogP contribution in [0.15, 0.2) is 41.6 Å². The van der Waals surface area contributed by atoms with E-state index >= 15 is 0 Å². The molecule has 0 spiro atoms. The molecule has 0 saturated carbocycles. The minimum Gasteiger partial charge on any atom is -0.307 e. The molecule has 3 aromatic rings. The number of hydrogen-bond acceptors (Lipinski definition) is 4. The summed E-state index contributed by atoms with van der Waals surface area (Å²) in [6, 6.07) is 5.82. The van der Waals surface area contributed by atoms with Crippen molar-refractivity contribution < 1.29 is 0 Å². The zero-order valence-corrected chi connectivity index (χ0v) is 14.5. The highest BCUT2D eigenvalue weighted by molar-refractivity contribution is 5.46. The van der Waals surface area contributed by atoms with Crippen molar-refractivity contribution in [3.05, 3.63) is 64.0 Å². The van der Waals surface area contributed by atoms with Crippen LogP contribution in [0.4, 0.5) is 0 Å². The fourth-order valence-corrected chi connectivity index (χ4v) is 2.72. The first-order valence-corrected chi connectivity index (χ1v) is 8.18. The third-order valence-electron chi connectivity index (χ3n) is 4.42. The molecular weight excluding hydrogens is 302 g/mol. The molecule has 0 radical (unpaired) electrons. The zero-order chi connectivity index (χ0) is 17.3. The Morgan fingerprint density at radius 3 is 2.79 bits per heavy atom. The summed E-state index contributed by atoms with van der Waals surface area (Å²) in [5, 5.41) is 7.81. The van der Waals surface area contributed by atoms with Gasteiger partial charge < -0.3 is 5.32 Å². The number of nitrogens with one attached hydrogen (secondary N) is 1. The van der Waals surface area contributed by atoms with Crippen molar-refractivity contribution in [3.63, 3.8) is 0 Å². The average molecular weight is 325 g/mol. The van der Waals surface area contributed by atoms with Crippen LogP contribution < -0.4 is 10.9 Å². The van der Waals surface area contributed by atoms with Gasteiger partial charge in [-0.3, -0.25) is 13.9 Å². The van der Waals surface area contributed by atoms with E-state index in [9.17, 15) is 4.79 Å². The van der Waals surface area contributed by atoms with Crippen LogP contribution in [0.1, 0.15) is 36.7 Å². The van der Waals surface area contributed by atoms with Crippen molar-refractivity contribution in [1.82, 2.24) is 24.5 Å². The number of pyridine rings is 1. The summed E-state index contributed by atoms with van der Waals surface area (Å²) in [5.74, 6) is 0. The molecule has 0 aromatic carbocycles. The minimum absolute atomic E-state index is 0.0519. The molecule has 24 heavy (non-hydrogen) atoms. The van der Waals surface area contributed by atoms with E-state index in [0.29, 0.717) is 12.2 Å². The molecule has 0 amide bonds. The van der Waals surface area contributed by atoms with Gasteiger partial charge in [0.15, 0.2) is 0 Å². The summed E-state index contributed by atoms with van der Waals surface area (Å²) in [7, 11) is 0. The number of aromatic nitrogens is 4. The lowest BCUT2D eigenvalue weighted by molar-refractivity contribution is 0.363. The quantitative estimate of drug-likeness (QED) is 0.781. The molecular formula is C18H23N5O. The minimum atomic E-state index is -0.0519. The molecule has 3 aromatic heterocycles. The highest BCUT2D eigenvalue weighted by Crippen LogP contribution is 2.11. The van der Waals surface area contributed by atoms with Crippen LogP contribution in [0.5, 0.6) is 0 Å². The Bertz CT molecular complexity index is 911. The van der Waals surface area contributed by atoms with Crippen molar-refractivity contribution in [2.24, 2.45) is 0 Å². The molecule has 0 aliphatic carbocycles. The normalized spacial score (nSPS) is 14.0. The molecule has 0 aliphatic heterocycles. The smallest absolute Gasteiger partial charge is 0.258 e. The van der Waals surface area contributed by atoms with Gasteiger partial charge >= 0.3 is 0 Å². The van der Waals surface area contributed by atoms with Crippen LogP contribution in [-0.4, -0.2) is 25.2 Å². The monoisotopic (exact) mass is 325 g/mol. The summed E-state index contributed by atoms with van der Waals surface area (Å²) in [6.07, 6.45) is 5.64. The van der Waals surface area contributed by atoms with Crippen molar-refractivity contribution in [1.29, 1.82) is 0 Å². The number of hydrogen-bond donors (Lipinski definition) is 1. The first kappa shape index (κ1) is 16.4. The van der Waals surface area contributed by atoms with Crippen LogP contribution in [0.2, 0.25) is 0 Å². The molecule has 3 heterocycles. The van der Waals surface area contributed by atoms with Gasteiger partial charge in [0, 0.05) is 31.0 Å². The van der Waals surface area contributed by atoms with Gasteiger partial charge in [0.1, 0.15) is 5.65 Å². The molecule has 1 N–H and O–H groups in total. The average Bonchev–Trinajstić information content (AvgIpc) is 2.99. The lowest BCUT2D eigenvalue weighted by Gasteiger charge is -2.21. The van der Waals surface area contributed by atoms with Crippen LogP contribution in [0.25, 0.3) is 5.65 Å². The van der Waals surface area contributed by atoms with Gasteiger partial charge in [0.05, 0.1) is 17.9 Å². The highest BCUT2D eigenvalue weighted by atomic mass is 16.1. The summed E-state index contributed by atoms with van der Waals surface area (Å²) >= 11 is 0. The molecule has 0 aliphatic rings. The van der Waals surface area contributed by atoms with Crippen molar-refractivity contribution in [2.45, 2.75) is 46.3 Å². The molecule has 0 bridgehead atoms. The Kier molecular flexibility index (Phi) is 4.49. The van der Waals surface area contributed by atoms with E-state index < -0.39 is 0 Å². The van der Waals surface area contributed by atoms with Gasteiger partial charge in [-0.1, -0.05) is 6.07 Å². The summed E-state index contributed by atoms with van der Waals surface area (Å²) in [5.41, 5.74) is 3.55. The number of rotatable bonds is 5. The van der Waals surface area contributed by atoms with Crippen LogP contribution in [0, 0.1) is 13.8 Å². The van der Waals surface area contributed by atoms with Gasteiger partial charge in [-0.2, -0.15) is 5.10 Å². The van der Waals surface area contributed by atoms with E-state index in [1.165, 1.54) is 0 Å². The Morgan fingerprint density at radius 2 is 2.08 bits per heavy atom. The van der Waals surface area contributed by atoms with E-state index in [-0.39, 0.29) is 17.6 Å². The molecule has 6 nitrogen and oxygen atoms in total. The predicted molar refractivity (Wildman–Crippen MR) is 94.2 cm³/mol. The molecule has 0 fully saturated rings. The standard InChI is InChI=1S/C18H23N5O/c1-12-9-20-23(11-12)15(4)14(3)19-10-16-8-17(24)22-7-5-6-13(2)18(22)21-16/h5-9,11,14-15,19H,10H2,1-4H3/t14-,15-/m1/s1. The lowest BCUT2D eigenvalue weighted by atomic mass is 10.1. The first-order chi connectivity index (χ1) is 11.5. The van der Waals surface area contributed by atoms with E-state index in [1.54, 1.807) is 16.7 Å². The maximum atomic E-state index is 12.2. The molecule has 0 unspecified atom stereocenters. The molecule has 126 valence electrons. The van der Waals surface area contributed by atoms with Crippen LogP contribution in [-0.2, 0) is 6.54 Å². The SMILES string of the molecule is Cc1cnn([C@H](C)[C@@H](C)NCc2cc(=O)n3cccc(C)c3n2)c1. The Morgan fingerprint density at radius 1 is 1.29 bits per heavy atom. The Balaban J connectivity index is 1.76. The summed E-state index contributed by atoms with van der Waals surface area (Å²) in [4.78, 5) is 16.9. The van der Waals surface area contributed by atoms with Crippen molar-refractivity contribution in [2.75, 3.05) is 0 Å². The topological polar surface area (TPSA) is 64.2 Å². The number of aryl methyl sites for hydroxylation is 2. The zero-order valence-electron chi connectivity index (χ0n) is 14.5. The maximum absolute atomic E-state index is 12.2. The molecule has 6 heteroatoms. The fourth-order valence-electron chi connectivity index (χ4n) is 2.72. The van der Waals surface area contributed by atoms with Gasteiger partial charge in [-0.15, -0.1) is 0 Å². The lowest BCUT2D eigenvalue weighted by Crippen LogP contribution is -2.34. The van der Waals surface area contributed by atoms with Crippen LogP contribution in [0.3, 0.4) is 0 Å². The predicted octanol–water partition coefficient (Wildman–Crippen LogP) is 2.25. The van der Waals surface area contributed by atoms with Crippen molar-refractivity contribution >= 4 is 5.65 Å². The second-order valence-electron chi connectivity index (χ2n) is 6.38. The Hall–Kier alpha value is -2.47. The third-order valence-corrected chi connectivity index (χ3v) is 4.42. The van der Waals surface area contributed by atoms with E-state index in [2.05, 4.69) is 29.2 Å². The van der Waals surface area contributed by atoms with E-state index in [0.717, 1.165) is 16.8 Å². The van der Waals surface area contributed by atoms with Gasteiger partial charge in [-0.25, -0.2) is 4.98 Å². The van der Waals surface area contributed by atoms with Crippen LogP contribution >= 0.6 is 0 Å². The second-order valence-corrected chi connectivity index (χ2v) is 6.38. The Labute approximate surface area is 141 Å². The van der Waals surface area contributed by atoms with Gasteiger partial charge in [-0.05, 0) is 44.9 Å². The first-order valence-electron chi connectivity index (χ1n) is 8.18.